The summed E-state index contributed by atoms with van der Waals surface area (Å²) in [6, 6.07) is 8.96. The van der Waals surface area contributed by atoms with Crippen LogP contribution in [0.4, 0.5) is 4.79 Å². The maximum absolute atomic E-state index is 13.5. The molecule has 0 unspecified atom stereocenters. The van der Waals surface area contributed by atoms with Crippen LogP contribution in [0.25, 0.3) is 0 Å². The maximum Gasteiger partial charge on any atom is 0.411 e. The number of piperidine rings is 1. The molecule has 7 rings (SSSR count). The maximum atomic E-state index is 13.5. The summed E-state index contributed by atoms with van der Waals surface area (Å²) in [7, 11) is 2.24. The minimum Gasteiger partial charge on any atom is -0.485 e. The molecule has 176 valence electrons. The van der Waals surface area contributed by atoms with Crippen LogP contribution in [0, 0.1) is 12.8 Å². The molecule has 1 spiro atoms. The zero-order chi connectivity index (χ0) is 23.0. The first-order valence-electron chi connectivity index (χ1n) is 12.6. The number of carbonyl (C=O) groups excluding carboxylic acids is 1. The minimum absolute atomic E-state index is 0.0256. The molecule has 0 N–H and O–H groups in total. The van der Waals surface area contributed by atoms with E-state index in [9.17, 15) is 4.79 Å². The fourth-order valence-corrected chi connectivity index (χ4v) is 7.56. The smallest absolute Gasteiger partial charge is 0.411 e. The lowest BCUT2D eigenvalue weighted by Gasteiger charge is -2.56. The van der Waals surface area contributed by atoms with Gasteiger partial charge in [-0.1, -0.05) is 24.3 Å². The zero-order valence-corrected chi connectivity index (χ0v) is 19.8. The molecule has 4 heterocycles. The molecule has 1 amide bonds. The number of likely N-dealkylation sites (tertiary alicyclic amines) is 2. The molecule has 5 aliphatic rings. The monoisotopic (exact) mass is 457 g/mol. The van der Waals surface area contributed by atoms with Crippen molar-refractivity contribution in [2.75, 3.05) is 20.1 Å². The molecule has 1 aromatic heterocycles. The lowest BCUT2D eigenvalue weighted by molar-refractivity contribution is -0.0553. The Morgan fingerprint density at radius 3 is 3.00 bits per heavy atom. The Morgan fingerprint density at radius 2 is 2.15 bits per heavy atom. The third kappa shape index (κ3) is 2.66. The summed E-state index contributed by atoms with van der Waals surface area (Å²) < 4.78 is 13.0. The Labute approximate surface area is 200 Å². The number of aromatic nitrogens is 1. The van der Waals surface area contributed by atoms with Gasteiger partial charge in [0.25, 0.3) is 0 Å². The van der Waals surface area contributed by atoms with E-state index in [0.29, 0.717) is 18.5 Å². The van der Waals surface area contributed by atoms with E-state index in [1.54, 1.807) is 6.20 Å². The van der Waals surface area contributed by atoms with Gasteiger partial charge in [-0.2, -0.15) is 0 Å². The number of likely N-dealkylation sites (N-methyl/N-ethyl adjacent to an activating group) is 1. The summed E-state index contributed by atoms with van der Waals surface area (Å²) in [5.74, 6) is 1.42. The van der Waals surface area contributed by atoms with Crippen LogP contribution in [0.15, 0.2) is 48.8 Å². The Morgan fingerprint density at radius 1 is 1.24 bits per heavy atom. The van der Waals surface area contributed by atoms with Crippen LogP contribution in [0.5, 0.6) is 5.75 Å². The van der Waals surface area contributed by atoms with Gasteiger partial charge in [0.05, 0.1) is 6.04 Å². The number of nitrogens with zero attached hydrogens (tertiary/aromatic N) is 3. The van der Waals surface area contributed by atoms with Crippen LogP contribution < -0.4 is 4.74 Å². The number of hydrogen-bond acceptors (Lipinski definition) is 5. The molecule has 2 saturated heterocycles. The molecule has 6 heteroatoms. The first-order valence-corrected chi connectivity index (χ1v) is 12.6. The van der Waals surface area contributed by atoms with Crippen LogP contribution in [0.3, 0.4) is 0 Å². The van der Waals surface area contributed by atoms with Crippen molar-refractivity contribution in [3.8, 4) is 5.75 Å². The average molecular weight is 458 g/mol. The van der Waals surface area contributed by atoms with Gasteiger partial charge in [-0.25, -0.2) is 4.79 Å². The van der Waals surface area contributed by atoms with E-state index in [-0.39, 0.29) is 29.8 Å². The van der Waals surface area contributed by atoms with Gasteiger partial charge in [0, 0.05) is 41.9 Å². The van der Waals surface area contributed by atoms with Gasteiger partial charge in [-0.3, -0.25) is 4.98 Å². The Kier molecular flexibility index (Phi) is 4.41. The van der Waals surface area contributed by atoms with Crippen molar-refractivity contribution < 1.29 is 14.3 Å². The highest BCUT2D eigenvalue weighted by Crippen LogP contribution is 2.61. The van der Waals surface area contributed by atoms with Gasteiger partial charge < -0.3 is 19.3 Å². The molecule has 6 nitrogen and oxygen atoms in total. The second-order valence-electron chi connectivity index (χ2n) is 10.7. The highest BCUT2D eigenvalue weighted by Gasteiger charge is 2.64. The largest absolute Gasteiger partial charge is 0.485 e. The van der Waals surface area contributed by atoms with Crippen molar-refractivity contribution in [2.24, 2.45) is 5.92 Å². The molecule has 0 radical (unpaired) electrons. The zero-order valence-electron chi connectivity index (χ0n) is 19.8. The molecule has 0 saturated carbocycles. The quantitative estimate of drug-likeness (QED) is 0.634. The predicted octanol–water partition coefficient (Wildman–Crippen LogP) is 4.18. The van der Waals surface area contributed by atoms with E-state index >= 15 is 0 Å². The number of aryl methyl sites for hydroxylation is 1. The number of rotatable bonds is 2. The van der Waals surface area contributed by atoms with Crippen LogP contribution in [-0.2, 0) is 16.6 Å². The van der Waals surface area contributed by atoms with Crippen molar-refractivity contribution in [2.45, 2.75) is 62.3 Å². The van der Waals surface area contributed by atoms with Crippen molar-refractivity contribution in [1.29, 1.82) is 0 Å². The summed E-state index contributed by atoms with van der Waals surface area (Å²) in [4.78, 5) is 22.1. The molecule has 6 atom stereocenters. The fourth-order valence-electron chi connectivity index (χ4n) is 7.56. The Bertz CT molecular complexity index is 1180. The predicted molar refractivity (Wildman–Crippen MR) is 128 cm³/mol. The molecule has 2 aromatic rings. The third-order valence-electron chi connectivity index (χ3n) is 9.14. The number of ether oxygens (including phenoxy) is 2. The van der Waals surface area contributed by atoms with Crippen molar-refractivity contribution in [3.63, 3.8) is 0 Å². The van der Waals surface area contributed by atoms with E-state index in [1.807, 2.05) is 17.2 Å². The number of pyridine rings is 1. The summed E-state index contributed by atoms with van der Waals surface area (Å²) in [5, 5.41) is 0. The Hall–Kier alpha value is -2.86. The molecule has 2 bridgehead atoms. The average Bonchev–Trinajstić information content (AvgIpc) is 3.48. The number of benzene rings is 1. The van der Waals surface area contributed by atoms with Gasteiger partial charge in [-0.15, -0.1) is 0 Å². The molecular formula is C28H31N3O3. The normalized spacial score (nSPS) is 35.1. The first-order chi connectivity index (χ1) is 16.6. The van der Waals surface area contributed by atoms with E-state index in [4.69, 9.17) is 9.47 Å². The van der Waals surface area contributed by atoms with E-state index in [1.165, 1.54) is 16.7 Å². The first kappa shape index (κ1) is 20.5. The van der Waals surface area contributed by atoms with E-state index < -0.39 is 0 Å². The summed E-state index contributed by atoms with van der Waals surface area (Å²) in [6.45, 7) is 3.89. The topological polar surface area (TPSA) is 54.9 Å². The summed E-state index contributed by atoms with van der Waals surface area (Å²) >= 11 is 0. The van der Waals surface area contributed by atoms with E-state index in [0.717, 1.165) is 43.5 Å². The standard InChI is InChI=1S/C28H31N3O3/c1-17-7-8-18-15-22-20-9-10-23(26-28(20,11-14-30(22)2)24(18)25(17)34-26)33-27(32)31-13-4-6-21(31)19-5-3-12-29-16-19/h3,5,7-10,12,16,20-23,26H,4,6,11,13-15H2,1-2H3/t20-,21-,22+,23-,26-,28-/m0/s1. The van der Waals surface area contributed by atoms with Gasteiger partial charge >= 0.3 is 6.09 Å². The van der Waals surface area contributed by atoms with Crippen LogP contribution >= 0.6 is 0 Å². The molecule has 2 fully saturated rings. The van der Waals surface area contributed by atoms with Crippen molar-refractivity contribution in [3.05, 3.63) is 71.1 Å². The summed E-state index contributed by atoms with van der Waals surface area (Å²) in [6.07, 6.45) is 11.3. The van der Waals surface area contributed by atoms with E-state index in [2.05, 4.69) is 54.2 Å². The van der Waals surface area contributed by atoms with Crippen molar-refractivity contribution in [1.82, 2.24) is 14.8 Å². The van der Waals surface area contributed by atoms with Gasteiger partial charge in [0.2, 0.25) is 0 Å². The number of carbonyl (C=O) groups is 1. The number of hydrogen-bond donors (Lipinski definition) is 0. The molecule has 2 aliphatic carbocycles. The van der Waals surface area contributed by atoms with Gasteiger partial charge in [-0.05, 0) is 75.0 Å². The van der Waals surface area contributed by atoms with Crippen LogP contribution in [-0.4, -0.2) is 59.3 Å². The van der Waals surface area contributed by atoms with Crippen LogP contribution in [0.1, 0.15) is 47.6 Å². The molecule has 1 aromatic carbocycles. The molecule has 3 aliphatic heterocycles. The Balaban J connectivity index is 1.23. The molecule has 34 heavy (non-hydrogen) atoms. The van der Waals surface area contributed by atoms with Crippen LogP contribution in [0.2, 0.25) is 0 Å². The van der Waals surface area contributed by atoms with Crippen molar-refractivity contribution >= 4 is 6.09 Å². The van der Waals surface area contributed by atoms with Gasteiger partial charge in [0.15, 0.2) is 6.10 Å². The van der Waals surface area contributed by atoms with Gasteiger partial charge in [0.1, 0.15) is 11.9 Å². The second kappa shape index (κ2) is 7.32. The second-order valence-corrected chi connectivity index (χ2v) is 10.7. The molecular weight excluding hydrogens is 426 g/mol. The SMILES string of the molecule is Cc1ccc2c3c1O[C@H]1[C@@H](OC(=O)N4CCC[C@H]4c4cccnc4)C=C[C@H]4[C@@H](C2)N(C)CC[C@@]341. The third-order valence-corrected chi connectivity index (χ3v) is 9.14. The minimum atomic E-state index is -0.388. The lowest BCUT2D eigenvalue weighted by Crippen LogP contribution is -2.65. The summed E-state index contributed by atoms with van der Waals surface area (Å²) in [5.41, 5.74) is 4.95. The highest BCUT2D eigenvalue weighted by atomic mass is 16.6. The lowest BCUT2D eigenvalue weighted by atomic mass is 9.53. The highest BCUT2D eigenvalue weighted by molar-refractivity contribution is 5.70. The number of amides is 1. The fraction of sp³-hybridized carbons (Fsp3) is 0.500.